The van der Waals surface area contributed by atoms with Gasteiger partial charge in [-0.3, -0.25) is 14.2 Å². The number of hydrogen-bond acceptors (Lipinski definition) is 6. The van der Waals surface area contributed by atoms with Crippen molar-refractivity contribution >= 4 is 50.7 Å². The van der Waals surface area contributed by atoms with Crippen LogP contribution in [0.1, 0.15) is 25.3 Å². The van der Waals surface area contributed by atoms with Crippen molar-refractivity contribution < 1.29 is 14.6 Å². The normalized spacial score (nSPS) is 12.3. The van der Waals surface area contributed by atoms with Gasteiger partial charge in [-0.05, 0) is 13.0 Å². The van der Waals surface area contributed by atoms with Crippen LogP contribution >= 0.6 is 34.5 Å². The highest BCUT2D eigenvalue weighted by Gasteiger charge is 2.16. The summed E-state index contributed by atoms with van der Waals surface area (Å²) in [5.41, 5.74) is 0.578. The summed E-state index contributed by atoms with van der Waals surface area (Å²) < 4.78 is 7.88. The zero-order valence-corrected chi connectivity index (χ0v) is 15.8. The summed E-state index contributed by atoms with van der Waals surface area (Å²) in [6, 6.07) is 3.26. The number of rotatable bonds is 6. The predicted molar refractivity (Wildman–Crippen MR) is 99.4 cm³/mol. The van der Waals surface area contributed by atoms with Gasteiger partial charge in [-0.15, -0.1) is 0 Å². The molecule has 2 heterocycles. The third-order valence-electron chi connectivity index (χ3n) is 3.58. The summed E-state index contributed by atoms with van der Waals surface area (Å²) in [4.78, 5) is 30.9. The summed E-state index contributed by atoms with van der Waals surface area (Å²) >= 11 is 13.1. The van der Waals surface area contributed by atoms with Crippen molar-refractivity contribution in [1.82, 2.24) is 14.5 Å². The van der Waals surface area contributed by atoms with Crippen LogP contribution in [0.5, 0.6) is 5.75 Å². The highest BCUT2D eigenvalue weighted by Crippen LogP contribution is 2.34. The van der Waals surface area contributed by atoms with Crippen molar-refractivity contribution in [3.8, 4) is 5.75 Å². The number of ether oxygens (including phenoxy) is 1. The topological polar surface area (TPSA) is 94.3 Å². The van der Waals surface area contributed by atoms with Gasteiger partial charge in [0.15, 0.2) is 11.9 Å². The summed E-state index contributed by atoms with van der Waals surface area (Å²) in [7, 11) is 0. The fourth-order valence-electron chi connectivity index (χ4n) is 2.35. The lowest BCUT2D eigenvalue weighted by molar-refractivity contribution is -0.137. The van der Waals surface area contributed by atoms with Gasteiger partial charge in [0.05, 0.1) is 26.7 Å². The van der Waals surface area contributed by atoms with Crippen molar-refractivity contribution in [3.63, 3.8) is 0 Å². The molecule has 26 heavy (non-hydrogen) atoms. The molecule has 1 N–H and O–H groups in total. The van der Waals surface area contributed by atoms with Crippen LogP contribution in [0.25, 0.3) is 10.2 Å². The van der Waals surface area contributed by atoms with E-state index in [1.807, 2.05) is 0 Å². The van der Waals surface area contributed by atoms with Gasteiger partial charge >= 0.3 is 10.8 Å². The summed E-state index contributed by atoms with van der Waals surface area (Å²) in [5, 5.41) is 9.55. The van der Waals surface area contributed by atoms with Crippen LogP contribution in [0.15, 0.2) is 29.3 Å². The smallest absolute Gasteiger partial charge is 0.308 e. The average molecular weight is 414 g/mol. The first-order valence-corrected chi connectivity index (χ1v) is 9.11. The quantitative estimate of drug-likeness (QED) is 0.660. The lowest BCUT2D eigenvalue weighted by Gasteiger charge is -2.14. The first kappa shape index (κ1) is 18.6. The number of fused-ring (bicyclic) bond motifs is 1. The Balaban J connectivity index is 1.90. The zero-order chi connectivity index (χ0) is 18.8. The Labute approximate surface area is 161 Å². The van der Waals surface area contributed by atoms with E-state index in [0.29, 0.717) is 31.8 Å². The van der Waals surface area contributed by atoms with Gasteiger partial charge in [0.1, 0.15) is 5.75 Å². The number of carboxylic acid groups (broad SMARTS) is 1. The molecule has 10 heteroatoms. The van der Waals surface area contributed by atoms with E-state index >= 15 is 0 Å². The van der Waals surface area contributed by atoms with Gasteiger partial charge in [0, 0.05) is 25.0 Å². The molecule has 0 amide bonds. The zero-order valence-electron chi connectivity index (χ0n) is 13.5. The molecule has 0 fully saturated rings. The van der Waals surface area contributed by atoms with Crippen LogP contribution in [-0.2, 0) is 11.3 Å². The number of carbonyl (C=O) groups is 1. The largest absolute Gasteiger partial charge is 0.481 e. The van der Waals surface area contributed by atoms with Crippen molar-refractivity contribution in [2.75, 3.05) is 0 Å². The second-order valence-electron chi connectivity index (χ2n) is 5.43. The number of aliphatic carboxylic acids is 1. The van der Waals surface area contributed by atoms with Gasteiger partial charge in [0.2, 0.25) is 0 Å². The van der Waals surface area contributed by atoms with Crippen LogP contribution in [0.3, 0.4) is 0 Å². The first-order chi connectivity index (χ1) is 12.3. The molecule has 0 saturated heterocycles. The van der Waals surface area contributed by atoms with E-state index < -0.39 is 12.1 Å². The number of aryl methyl sites for hydroxylation is 1. The first-order valence-electron chi connectivity index (χ1n) is 7.54. The molecule has 0 spiro atoms. The van der Waals surface area contributed by atoms with Crippen LogP contribution < -0.4 is 9.61 Å². The van der Waals surface area contributed by atoms with E-state index in [1.165, 1.54) is 17.0 Å². The number of aromatic nitrogens is 3. The van der Waals surface area contributed by atoms with Crippen molar-refractivity contribution in [3.05, 3.63) is 50.1 Å². The lowest BCUT2D eigenvalue weighted by Crippen LogP contribution is -2.15. The van der Waals surface area contributed by atoms with E-state index in [0.717, 1.165) is 11.3 Å². The number of carboxylic acids is 1. The summed E-state index contributed by atoms with van der Waals surface area (Å²) in [5.74, 6) is -0.145. The number of benzene rings is 1. The van der Waals surface area contributed by atoms with Crippen LogP contribution in [0, 0.1) is 0 Å². The van der Waals surface area contributed by atoms with Crippen molar-refractivity contribution in [2.24, 2.45) is 0 Å². The van der Waals surface area contributed by atoms with Crippen molar-refractivity contribution in [2.45, 2.75) is 26.0 Å². The van der Waals surface area contributed by atoms with Gasteiger partial charge < -0.3 is 9.84 Å². The van der Waals surface area contributed by atoms with E-state index in [9.17, 15) is 9.59 Å². The molecule has 136 valence electrons. The Morgan fingerprint density at radius 2 is 2.04 bits per heavy atom. The molecule has 0 radical (unpaired) electrons. The Kier molecular flexibility index (Phi) is 5.45. The summed E-state index contributed by atoms with van der Waals surface area (Å²) in [6.45, 7) is 1.85. The highest BCUT2D eigenvalue weighted by molar-refractivity contribution is 7.16. The lowest BCUT2D eigenvalue weighted by atomic mass is 10.3. The van der Waals surface area contributed by atoms with Gasteiger partial charge in [-0.25, -0.2) is 9.97 Å². The van der Waals surface area contributed by atoms with Crippen molar-refractivity contribution in [1.29, 1.82) is 0 Å². The second kappa shape index (κ2) is 7.61. The molecule has 0 bridgehead atoms. The monoisotopic (exact) mass is 413 g/mol. The Hall–Kier alpha value is -2.16. The molecule has 3 aromatic rings. The van der Waals surface area contributed by atoms with E-state index in [-0.39, 0.29) is 17.8 Å². The third kappa shape index (κ3) is 3.98. The van der Waals surface area contributed by atoms with Gasteiger partial charge in [-0.1, -0.05) is 34.5 Å². The average Bonchev–Trinajstić information content (AvgIpc) is 2.88. The standard InChI is InChI=1S/C16H13Cl2N3O4S/c1-8(15-19-6-9(17)7-20-15)25-12-5-13-11(4-10(12)18)21(16(24)26-13)3-2-14(22)23/h4-8H,2-3H2,1H3,(H,22,23). The number of nitrogens with zero attached hydrogens (tertiary/aromatic N) is 3. The molecule has 0 aliphatic heterocycles. The Bertz CT molecular complexity index is 1020. The third-order valence-corrected chi connectivity index (χ3v) is 5.01. The number of halogens is 2. The predicted octanol–water partition coefficient (Wildman–Crippen LogP) is 3.77. The highest BCUT2D eigenvalue weighted by atomic mass is 35.5. The molecular formula is C16H13Cl2N3O4S. The molecule has 3 rings (SSSR count). The second-order valence-corrected chi connectivity index (χ2v) is 7.27. The molecule has 2 aromatic heterocycles. The van der Waals surface area contributed by atoms with Crippen LogP contribution in [0.4, 0.5) is 0 Å². The minimum atomic E-state index is -0.973. The van der Waals surface area contributed by atoms with Crippen LogP contribution in [-0.4, -0.2) is 25.6 Å². The maximum Gasteiger partial charge on any atom is 0.308 e. The molecule has 1 aromatic carbocycles. The minimum Gasteiger partial charge on any atom is -0.481 e. The van der Waals surface area contributed by atoms with E-state index in [4.69, 9.17) is 33.0 Å². The van der Waals surface area contributed by atoms with Gasteiger partial charge in [-0.2, -0.15) is 0 Å². The van der Waals surface area contributed by atoms with Gasteiger partial charge in [0.25, 0.3) is 0 Å². The number of thiazole rings is 1. The molecule has 0 aliphatic carbocycles. The fourth-order valence-corrected chi connectivity index (χ4v) is 3.58. The van der Waals surface area contributed by atoms with E-state index in [1.54, 1.807) is 19.1 Å². The molecule has 1 atom stereocenters. The molecule has 0 saturated carbocycles. The molecular weight excluding hydrogens is 401 g/mol. The maximum absolute atomic E-state index is 12.1. The Morgan fingerprint density at radius 3 is 2.69 bits per heavy atom. The summed E-state index contributed by atoms with van der Waals surface area (Å²) in [6.07, 6.45) is 2.33. The van der Waals surface area contributed by atoms with E-state index in [2.05, 4.69) is 9.97 Å². The van der Waals surface area contributed by atoms with Crippen LogP contribution in [0.2, 0.25) is 10.0 Å². The SMILES string of the molecule is CC(Oc1cc2sc(=O)n(CCC(=O)O)c2cc1Cl)c1ncc(Cl)cn1. The molecule has 7 nitrogen and oxygen atoms in total. The molecule has 0 aliphatic rings. The fraction of sp³-hybridized carbons (Fsp3) is 0.250. The number of hydrogen-bond donors (Lipinski definition) is 1. The Morgan fingerprint density at radius 1 is 1.35 bits per heavy atom. The molecule has 1 unspecified atom stereocenters. The minimum absolute atomic E-state index is 0.0831. The maximum atomic E-state index is 12.1.